The van der Waals surface area contributed by atoms with E-state index in [1.54, 1.807) is 0 Å². The van der Waals surface area contributed by atoms with Crippen molar-refractivity contribution in [3.63, 3.8) is 0 Å². The van der Waals surface area contributed by atoms with Crippen LogP contribution in [0.3, 0.4) is 0 Å². The van der Waals surface area contributed by atoms with Gasteiger partial charge in [-0.25, -0.2) is 0 Å². The quantitative estimate of drug-likeness (QED) is 0.122. The molecule has 1 aliphatic carbocycles. The second kappa shape index (κ2) is 26.8. The van der Waals surface area contributed by atoms with Crippen LogP contribution in [-0.4, -0.2) is 4.57 Å². The summed E-state index contributed by atoms with van der Waals surface area (Å²) < 4.78 is 15.4. The third-order valence-electron chi connectivity index (χ3n) is 22.3. The van der Waals surface area contributed by atoms with Crippen LogP contribution in [0.2, 0.25) is 0 Å². The Morgan fingerprint density at radius 3 is 1.19 bits per heavy atom. The Morgan fingerprint density at radius 2 is 0.609 bits per heavy atom. The van der Waals surface area contributed by atoms with E-state index in [4.69, 9.17) is 8.83 Å². The van der Waals surface area contributed by atoms with Crippen molar-refractivity contribution in [1.82, 2.24) is 4.57 Å². The van der Waals surface area contributed by atoms with E-state index in [0.717, 1.165) is 105 Å². The van der Waals surface area contributed by atoms with Crippen LogP contribution in [0, 0.1) is 0 Å². The number of anilines is 6. The molecule has 1 atom stereocenters. The molecule has 0 spiro atoms. The molecule has 5 heteroatoms. The van der Waals surface area contributed by atoms with E-state index >= 15 is 0 Å². The lowest BCUT2D eigenvalue weighted by Crippen LogP contribution is -2.10. The molecule has 5 nitrogen and oxygen atoms in total. The molecule has 516 valence electrons. The van der Waals surface area contributed by atoms with E-state index in [1.807, 2.05) is 12.1 Å². The van der Waals surface area contributed by atoms with Gasteiger partial charge in [-0.2, -0.15) is 0 Å². The number of para-hydroxylation sites is 4. The van der Waals surface area contributed by atoms with Gasteiger partial charge in [-0.05, 0) is 182 Å². The van der Waals surface area contributed by atoms with Crippen molar-refractivity contribution in [2.24, 2.45) is 0 Å². The maximum Gasteiger partial charge on any atom is 0.143 e. The van der Waals surface area contributed by atoms with Crippen LogP contribution >= 0.6 is 0 Å². The van der Waals surface area contributed by atoms with Crippen molar-refractivity contribution in [2.45, 2.75) is 5.92 Å². The van der Waals surface area contributed by atoms with Crippen LogP contribution in [0.1, 0.15) is 22.6 Å². The fourth-order valence-electron chi connectivity index (χ4n) is 17.2. The first-order valence-corrected chi connectivity index (χ1v) is 37.7. The molecular weight excluding hydrogens is 1340 g/mol. The highest BCUT2D eigenvalue weighted by Gasteiger charge is 2.31. The lowest BCUT2D eigenvalue weighted by molar-refractivity contribution is 0.672. The molecule has 0 amide bonds. The van der Waals surface area contributed by atoms with Crippen LogP contribution in [0.15, 0.2) is 421 Å². The molecule has 1 unspecified atom stereocenters. The molecule has 18 aromatic carbocycles. The summed E-state index contributed by atoms with van der Waals surface area (Å²) in [7, 11) is 0. The van der Waals surface area contributed by atoms with E-state index < -0.39 is 0 Å². The monoisotopic (exact) mass is 1400 g/mol. The highest BCUT2D eigenvalue weighted by Crippen LogP contribution is 2.52. The first kappa shape index (κ1) is 63.9. The topological polar surface area (TPSA) is 37.7 Å². The number of hydrogen-bond acceptors (Lipinski definition) is 4. The summed E-state index contributed by atoms with van der Waals surface area (Å²) >= 11 is 0. The van der Waals surface area contributed by atoms with Gasteiger partial charge in [-0.15, -0.1) is 0 Å². The minimum absolute atomic E-state index is 0.241. The van der Waals surface area contributed by atoms with Gasteiger partial charge in [0, 0.05) is 88.2 Å². The second-order valence-corrected chi connectivity index (χ2v) is 28.6. The van der Waals surface area contributed by atoms with E-state index in [-0.39, 0.29) is 5.92 Å². The Morgan fingerprint density at radius 1 is 0.218 bits per heavy atom. The van der Waals surface area contributed by atoms with Gasteiger partial charge in [-0.3, -0.25) is 0 Å². The van der Waals surface area contributed by atoms with Crippen LogP contribution in [0.25, 0.3) is 149 Å². The van der Waals surface area contributed by atoms with E-state index in [2.05, 4.69) is 415 Å². The number of benzene rings is 18. The summed E-state index contributed by atoms with van der Waals surface area (Å²) in [5, 5.41) is 11.4. The zero-order chi connectivity index (χ0) is 72.6. The Kier molecular flexibility index (Phi) is 15.6. The predicted octanol–water partition coefficient (Wildman–Crippen LogP) is 29.3. The Balaban J connectivity index is 0.000000140. The van der Waals surface area contributed by atoms with Gasteiger partial charge in [0.2, 0.25) is 0 Å². The van der Waals surface area contributed by atoms with E-state index in [1.165, 1.54) is 94.1 Å². The largest absolute Gasteiger partial charge is 0.455 e. The lowest BCUT2D eigenvalue weighted by Gasteiger charge is -2.28. The van der Waals surface area contributed by atoms with Crippen molar-refractivity contribution in [3.05, 3.63) is 429 Å². The van der Waals surface area contributed by atoms with E-state index in [9.17, 15) is 0 Å². The highest BCUT2D eigenvalue weighted by atomic mass is 16.3. The smallest absolute Gasteiger partial charge is 0.143 e. The maximum absolute atomic E-state index is 6.52. The number of nitrogens with zero attached hydrogens (tertiary/aromatic N) is 3. The van der Waals surface area contributed by atoms with Crippen molar-refractivity contribution < 1.29 is 8.83 Å². The average Bonchev–Trinajstić information content (AvgIpc) is 1.45. The van der Waals surface area contributed by atoms with Crippen molar-refractivity contribution in [3.8, 4) is 61.3 Å². The van der Waals surface area contributed by atoms with E-state index in [0.29, 0.717) is 0 Å². The molecule has 22 rings (SSSR count). The molecule has 0 radical (unpaired) electrons. The van der Waals surface area contributed by atoms with Gasteiger partial charge < -0.3 is 23.2 Å². The third-order valence-corrected chi connectivity index (χ3v) is 22.3. The third kappa shape index (κ3) is 11.0. The number of aromatic nitrogens is 1. The summed E-state index contributed by atoms with van der Waals surface area (Å²) in [4.78, 5) is 4.79. The number of fused-ring (bicyclic) bond motifs is 16. The fraction of sp³-hybridized carbons (Fsp3) is 0.00952. The SMILES string of the molecule is c1ccc(-c2ccc(N(c3ccc(-c4ccc5c(c4)-c4ccccc4C5c4ccccc4)cc3)c3cc4c5ccccc5oc4c4ccccc34)cc2)cc1.c1ccc(-c2cccc(N(c3ccc(-c4ccc5c(c4)c4ccccc4n5-c4ccccc4)cc3)c3cc4c5ccccc5oc4c4ccccc34)c2)cc1. The summed E-state index contributed by atoms with van der Waals surface area (Å²) in [6.45, 7) is 0. The molecule has 0 saturated heterocycles. The highest BCUT2D eigenvalue weighted by molar-refractivity contribution is 6.21. The minimum Gasteiger partial charge on any atom is -0.455 e. The number of rotatable bonds is 12. The average molecular weight is 1400 g/mol. The molecule has 110 heavy (non-hydrogen) atoms. The number of hydrogen-bond donors (Lipinski definition) is 0. The summed E-state index contributed by atoms with van der Waals surface area (Å²) in [6.07, 6.45) is 0. The summed E-state index contributed by atoms with van der Waals surface area (Å²) in [5.74, 6) is 0.241. The molecule has 3 heterocycles. The van der Waals surface area contributed by atoms with Gasteiger partial charge in [0.05, 0.1) is 22.4 Å². The Labute approximate surface area is 636 Å². The summed E-state index contributed by atoms with van der Waals surface area (Å²) in [6, 6.07) is 149. The molecule has 1 aliphatic rings. The van der Waals surface area contributed by atoms with Crippen molar-refractivity contribution in [1.29, 1.82) is 0 Å². The summed E-state index contributed by atoms with van der Waals surface area (Å²) in [5.41, 5.74) is 30.0. The molecular formula is C105H69N3O2. The standard InChI is InChI=1S/C53H35NO.C52H34N2O/c1-3-13-35(14-4-1)36-23-28-40(29-24-36)54(50-34-49-44-19-11-12-22-51(44)55-53(49)47-21-10-8-18-43(47)50)41-30-25-37(26-31-41)39-27-32-46-48(33-39)42-17-7-9-20-45(42)52(46)38-15-5-2-6-16-38;1-3-14-35(15-4-1)37-16-13-19-41(32-37)53(50-34-47-44-22-10-12-25-51(44)55-52(47)45-23-8-7-20-42(45)50)40-29-26-36(27-30-40)38-28-31-49-46(33-38)43-21-9-11-24-48(43)54(49)39-17-5-2-6-18-39/h1-34,52H;1-34H. The Bertz CT molecular complexity index is 7060. The number of furan rings is 2. The van der Waals surface area contributed by atoms with Crippen molar-refractivity contribution in [2.75, 3.05) is 9.80 Å². The van der Waals surface area contributed by atoms with Gasteiger partial charge in [-0.1, -0.05) is 303 Å². The first-order chi connectivity index (χ1) is 54.6. The molecule has 0 fully saturated rings. The molecule has 0 N–H and O–H groups in total. The minimum atomic E-state index is 0.241. The molecule has 21 aromatic rings. The van der Waals surface area contributed by atoms with Crippen LogP contribution in [0.5, 0.6) is 0 Å². The lowest BCUT2D eigenvalue weighted by atomic mass is 9.89. The zero-order valence-electron chi connectivity index (χ0n) is 60.0. The van der Waals surface area contributed by atoms with Gasteiger partial charge in [0.25, 0.3) is 0 Å². The van der Waals surface area contributed by atoms with Crippen LogP contribution < -0.4 is 9.80 Å². The normalized spacial score (nSPS) is 12.5. The molecule has 0 aliphatic heterocycles. The van der Waals surface area contributed by atoms with Crippen LogP contribution in [-0.2, 0) is 0 Å². The zero-order valence-corrected chi connectivity index (χ0v) is 60.0. The van der Waals surface area contributed by atoms with Crippen molar-refractivity contribution >= 4 is 121 Å². The Hall–Kier alpha value is -14.5. The molecule has 0 bridgehead atoms. The predicted molar refractivity (Wildman–Crippen MR) is 461 cm³/mol. The first-order valence-electron chi connectivity index (χ1n) is 37.7. The second-order valence-electron chi connectivity index (χ2n) is 28.6. The molecule has 3 aromatic heterocycles. The molecule has 0 saturated carbocycles. The van der Waals surface area contributed by atoms with Gasteiger partial charge >= 0.3 is 0 Å². The van der Waals surface area contributed by atoms with Gasteiger partial charge in [0.1, 0.15) is 22.3 Å². The maximum atomic E-state index is 6.52. The van der Waals surface area contributed by atoms with Gasteiger partial charge in [0.15, 0.2) is 0 Å². The van der Waals surface area contributed by atoms with Crippen LogP contribution in [0.4, 0.5) is 34.1 Å². The fourth-order valence-corrected chi connectivity index (χ4v) is 17.2.